The Hall–Kier alpha value is -1.79. The molecule has 1 atom stereocenters. The van der Waals surface area contributed by atoms with Gasteiger partial charge in [0.2, 0.25) is 5.91 Å². The highest BCUT2D eigenvalue weighted by atomic mass is 16.4. The molecule has 0 aromatic rings. The average molecular weight is 257 g/mol. The fraction of sp³-hybridized carbons (Fsp3) is 0.727. The van der Waals surface area contributed by atoms with Gasteiger partial charge in [0, 0.05) is 0 Å². The first-order valence-electron chi connectivity index (χ1n) is 5.83. The summed E-state index contributed by atoms with van der Waals surface area (Å²) in [6, 6.07) is -1.63. The highest BCUT2D eigenvalue weighted by Crippen LogP contribution is 2.33. The van der Waals surface area contributed by atoms with Gasteiger partial charge < -0.3 is 21.5 Å². The topological polar surface area (TPSA) is 122 Å². The van der Waals surface area contributed by atoms with Crippen molar-refractivity contribution in [3.63, 3.8) is 0 Å². The van der Waals surface area contributed by atoms with Gasteiger partial charge in [-0.2, -0.15) is 0 Å². The predicted molar refractivity (Wildman–Crippen MR) is 63.7 cm³/mol. The van der Waals surface area contributed by atoms with Crippen LogP contribution in [0.25, 0.3) is 0 Å². The van der Waals surface area contributed by atoms with Crippen LogP contribution in [0, 0.1) is 5.92 Å². The van der Waals surface area contributed by atoms with Crippen molar-refractivity contribution in [2.45, 2.75) is 44.7 Å². The van der Waals surface area contributed by atoms with Crippen molar-refractivity contribution in [3.8, 4) is 0 Å². The monoisotopic (exact) mass is 257 g/mol. The Bertz CT molecular complexity index is 363. The SMILES string of the molecule is CC(C)(NC(=O)N[C@@H](CC1CC1)C(=O)O)C(N)=O. The Balaban J connectivity index is 2.50. The van der Waals surface area contributed by atoms with E-state index in [0.717, 1.165) is 12.8 Å². The number of nitrogens with one attached hydrogen (secondary N) is 2. The number of amides is 3. The number of primary amides is 1. The van der Waals surface area contributed by atoms with Crippen LogP contribution >= 0.6 is 0 Å². The minimum atomic E-state index is -1.22. The molecule has 1 fully saturated rings. The maximum absolute atomic E-state index is 11.6. The van der Waals surface area contributed by atoms with Crippen molar-refractivity contribution < 1.29 is 19.5 Å². The second-order valence-corrected chi connectivity index (χ2v) is 5.16. The third-order valence-electron chi connectivity index (χ3n) is 2.91. The number of nitrogens with two attached hydrogens (primary N) is 1. The van der Waals surface area contributed by atoms with Crippen LogP contribution in [0.2, 0.25) is 0 Å². The smallest absolute Gasteiger partial charge is 0.326 e. The summed E-state index contributed by atoms with van der Waals surface area (Å²) in [7, 11) is 0. The lowest BCUT2D eigenvalue weighted by molar-refractivity contribution is -0.139. The lowest BCUT2D eigenvalue weighted by atomic mass is 10.1. The molecule has 1 aliphatic carbocycles. The first-order valence-corrected chi connectivity index (χ1v) is 5.83. The van der Waals surface area contributed by atoms with Crippen LogP contribution in [-0.2, 0) is 9.59 Å². The molecule has 18 heavy (non-hydrogen) atoms. The minimum absolute atomic E-state index is 0.371. The summed E-state index contributed by atoms with van der Waals surface area (Å²) in [6.45, 7) is 2.90. The Kier molecular flexibility index (Phi) is 4.15. The maximum atomic E-state index is 11.6. The Morgan fingerprint density at radius 2 is 1.94 bits per heavy atom. The van der Waals surface area contributed by atoms with E-state index in [1.165, 1.54) is 13.8 Å². The summed E-state index contributed by atoms with van der Waals surface area (Å²) in [4.78, 5) is 33.6. The van der Waals surface area contributed by atoms with Crippen molar-refractivity contribution in [1.82, 2.24) is 10.6 Å². The Labute approximate surface area is 105 Å². The molecule has 0 aromatic heterocycles. The summed E-state index contributed by atoms with van der Waals surface area (Å²) in [6.07, 6.45) is 2.42. The molecule has 0 aromatic carbocycles. The van der Waals surface area contributed by atoms with Crippen molar-refractivity contribution in [2.75, 3.05) is 0 Å². The number of carboxylic acid groups (broad SMARTS) is 1. The standard InChI is InChI=1S/C11H19N3O4/c1-11(2,9(12)17)14-10(18)13-7(8(15)16)5-6-3-4-6/h6-7H,3-5H2,1-2H3,(H2,12,17)(H,15,16)(H2,13,14,18)/t7-/m0/s1. The van der Waals surface area contributed by atoms with Gasteiger partial charge in [-0.3, -0.25) is 4.79 Å². The quantitative estimate of drug-likeness (QED) is 0.526. The maximum Gasteiger partial charge on any atom is 0.326 e. The van der Waals surface area contributed by atoms with Gasteiger partial charge in [-0.25, -0.2) is 9.59 Å². The summed E-state index contributed by atoms with van der Waals surface area (Å²) in [5, 5.41) is 13.7. The molecule has 0 unspecified atom stereocenters. The first kappa shape index (κ1) is 14.3. The van der Waals surface area contributed by atoms with Crippen LogP contribution in [0.3, 0.4) is 0 Å². The van der Waals surface area contributed by atoms with Crippen LogP contribution in [0.1, 0.15) is 33.1 Å². The minimum Gasteiger partial charge on any atom is -0.480 e. The molecule has 102 valence electrons. The zero-order valence-electron chi connectivity index (χ0n) is 10.5. The molecule has 0 heterocycles. The molecule has 3 amide bonds. The van der Waals surface area contributed by atoms with Gasteiger partial charge in [0.05, 0.1) is 0 Å². The van der Waals surface area contributed by atoms with Crippen LogP contribution in [0.15, 0.2) is 0 Å². The number of carboxylic acids is 1. The zero-order chi connectivity index (χ0) is 13.9. The number of hydrogen-bond acceptors (Lipinski definition) is 3. The third kappa shape index (κ3) is 4.23. The highest BCUT2D eigenvalue weighted by molar-refractivity contribution is 5.90. The second kappa shape index (κ2) is 5.24. The predicted octanol–water partition coefficient (Wildman–Crippen LogP) is -0.197. The third-order valence-corrected chi connectivity index (χ3v) is 2.91. The molecule has 5 N–H and O–H groups in total. The lowest BCUT2D eigenvalue weighted by Crippen LogP contribution is -2.58. The second-order valence-electron chi connectivity index (χ2n) is 5.16. The summed E-state index contributed by atoms with van der Waals surface area (Å²) in [5.74, 6) is -1.39. The Morgan fingerprint density at radius 3 is 2.33 bits per heavy atom. The highest BCUT2D eigenvalue weighted by Gasteiger charge is 2.32. The molecule has 0 aliphatic heterocycles. The Morgan fingerprint density at radius 1 is 1.39 bits per heavy atom. The molecular weight excluding hydrogens is 238 g/mol. The molecule has 1 saturated carbocycles. The van der Waals surface area contributed by atoms with Crippen molar-refractivity contribution in [2.24, 2.45) is 11.7 Å². The summed E-state index contributed by atoms with van der Waals surface area (Å²) < 4.78 is 0. The van der Waals surface area contributed by atoms with E-state index in [-0.39, 0.29) is 0 Å². The van der Waals surface area contributed by atoms with Crippen LogP contribution in [0.4, 0.5) is 4.79 Å². The number of rotatable bonds is 6. The number of hydrogen-bond donors (Lipinski definition) is 4. The van der Waals surface area contributed by atoms with Crippen molar-refractivity contribution in [3.05, 3.63) is 0 Å². The number of carbonyl (C=O) groups excluding carboxylic acids is 2. The number of urea groups is 1. The molecule has 1 aliphatic rings. The molecular formula is C11H19N3O4. The molecule has 1 rings (SSSR count). The average Bonchev–Trinajstić information content (AvgIpc) is 2.99. The van der Waals surface area contributed by atoms with Gasteiger partial charge in [0.1, 0.15) is 11.6 Å². The largest absolute Gasteiger partial charge is 0.480 e. The fourth-order valence-electron chi connectivity index (χ4n) is 1.45. The van der Waals surface area contributed by atoms with E-state index >= 15 is 0 Å². The normalized spacial score (nSPS) is 16.8. The van der Waals surface area contributed by atoms with E-state index in [1.54, 1.807) is 0 Å². The van der Waals surface area contributed by atoms with Crippen molar-refractivity contribution >= 4 is 17.9 Å². The lowest BCUT2D eigenvalue weighted by Gasteiger charge is -2.24. The van der Waals surface area contributed by atoms with Gasteiger partial charge in [-0.05, 0) is 26.2 Å². The van der Waals surface area contributed by atoms with Gasteiger partial charge in [0.15, 0.2) is 0 Å². The van der Waals surface area contributed by atoms with E-state index < -0.39 is 29.5 Å². The fourth-order valence-corrected chi connectivity index (χ4v) is 1.45. The van der Waals surface area contributed by atoms with Gasteiger partial charge in [-0.15, -0.1) is 0 Å². The van der Waals surface area contributed by atoms with E-state index in [2.05, 4.69) is 10.6 Å². The summed E-state index contributed by atoms with van der Waals surface area (Å²) in [5.41, 5.74) is 3.89. The first-order chi connectivity index (χ1) is 8.22. The van der Waals surface area contributed by atoms with Gasteiger partial charge in [-0.1, -0.05) is 12.8 Å². The van der Waals surface area contributed by atoms with E-state index in [9.17, 15) is 14.4 Å². The van der Waals surface area contributed by atoms with Crippen LogP contribution < -0.4 is 16.4 Å². The van der Waals surface area contributed by atoms with Crippen LogP contribution in [0.5, 0.6) is 0 Å². The zero-order valence-corrected chi connectivity index (χ0v) is 10.5. The van der Waals surface area contributed by atoms with Gasteiger partial charge in [0.25, 0.3) is 0 Å². The molecule has 0 bridgehead atoms. The molecule has 0 radical (unpaired) electrons. The molecule has 7 nitrogen and oxygen atoms in total. The van der Waals surface area contributed by atoms with E-state index in [0.29, 0.717) is 12.3 Å². The molecule has 0 spiro atoms. The van der Waals surface area contributed by atoms with E-state index in [4.69, 9.17) is 10.8 Å². The number of carbonyl (C=O) groups is 3. The number of aliphatic carboxylic acids is 1. The van der Waals surface area contributed by atoms with Crippen LogP contribution in [-0.4, -0.2) is 34.6 Å². The molecule has 0 saturated heterocycles. The van der Waals surface area contributed by atoms with Crippen molar-refractivity contribution in [1.29, 1.82) is 0 Å². The molecule has 7 heteroatoms. The van der Waals surface area contributed by atoms with E-state index in [1.807, 2.05) is 0 Å². The summed E-state index contributed by atoms with van der Waals surface area (Å²) >= 11 is 0. The van der Waals surface area contributed by atoms with Gasteiger partial charge >= 0.3 is 12.0 Å².